The molecule has 0 aliphatic carbocycles. The number of ketones is 1. The smallest absolute Gasteiger partial charge is 0.294 e. The molecule has 0 spiro atoms. The Morgan fingerprint density at radius 2 is 1.51 bits per heavy atom. The van der Waals surface area contributed by atoms with Gasteiger partial charge in [0.25, 0.3) is 5.91 Å². The molecule has 0 bridgehead atoms. The van der Waals surface area contributed by atoms with Crippen LogP contribution in [-0.4, -0.2) is 35.0 Å². The second-order valence-electron chi connectivity index (χ2n) is 8.90. The van der Waals surface area contributed by atoms with Crippen molar-refractivity contribution in [2.24, 2.45) is 0 Å². The van der Waals surface area contributed by atoms with Crippen molar-refractivity contribution in [3.8, 4) is 22.1 Å². The number of Topliss-reactive ketones (excluding diaryl/α,β-unsaturated/α-hetero) is 1. The number of hydrogen-bond acceptors (Lipinski definition) is 7. The molecule has 1 amide bonds. The highest BCUT2D eigenvalue weighted by atomic mass is 32.1. The van der Waals surface area contributed by atoms with Gasteiger partial charge in [-0.05, 0) is 62.7 Å². The SMILES string of the molecule is CCOc1ccc(C2C(C(=O)c3sc(-c4ccccc4)nc3C)=C(O)C(=O)N2c2ccc(OCC)cc2)cc1. The molecule has 2 heterocycles. The van der Waals surface area contributed by atoms with Crippen molar-refractivity contribution >= 4 is 28.7 Å². The number of aryl methyl sites for hydroxylation is 1. The predicted octanol–water partition coefficient (Wildman–Crippen LogP) is 6.70. The molecular formula is C31H28N2O5S. The summed E-state index contributed by atoms with van der Waals surface area (Å²) in [6.07, 6.45) is 0. The van der Waals surface area contributed by atoms with Gasteiger partial charge in [-0.1, -0.05) is 42.5 Å². The van der Waals surface area contributed by atoms with E-state index < -0.39 is 23.5 Å². The van der Waals surface area contributed by atoms with Crippen molar-refractivity contribution in [3.63, 3.8) is 0 Å². The number of anilines is 1. The standard InChI is InChI=1S/C31H28N2O5S/c1-4-37-23-15-11-20(12-16-23)26-25(27(34)29-19(3)32-30(39-29)21-9-7-6-8-10-21)28(35)31(36)33(26)22-13-17-24(18-14-22)38-5-2/h6-18,26,35H,4-5H2,1-3H3. The third-order valence-electron chi connectivity index (χ3n) is 6.41. The van der Waals surface area contributed by atoms with Crippen molar-refractivity contribution < 1.29 is 24.2 Å². The zero-order valence-electron chi connectivity index (χ0n) is 21.9. The Balaban J connectivity index is 1.59. The van der Waals surface area contributed by atoms with Crippen molar-refractivity contribution in [1.29, 1.82) is 0 Å². The van der Waals surface area contributed by atoms with Gasteiger partial charge in [-0.15, -0.1) is 11.3 Å². The van der Waals surface area contributed by atoms with E-state index in [2.05, 4.69) is 4.98 Å². The average Bonchev–Trinajstić information content (AvgIpc) is 3.47. The lowest BCUT2D eigenvalue weighted by Gasteiger charge is -2.27. The molecule has 3 aromatic carbocycles. The number of benzene rings is 3. The number of amides is 1. The van der Waals surface area contributed by atoms with Crippen molar-refractivity contribution in [1.82, 2.24) is 4.98 Å². The molecule has 7 nitrogen and oxygen atoms in total. The van der Waals surface area contributed by atoms with Crippen LogP contribution in [0.1, 0.15) is 40.8 Å². The summed E-state index contributed by atoms with van der Waals surface area (Å²) in [6.45, 7) is 6.58. The van der Waals surface area contributed by atoms with Crippen LogP contribution in [0.2, 0.25) is 0 Å². The van der Waals surface area contributed by atoms with Crippen LogP contribution in [0.3, 0.4) is 0 Å². The maximum Gasteiger partial charge on any atom is 0.294 e. The molecule has 0 radical (unpaired) electrons. The maximum absolute atomic E-state index is 14.1. The highest BCUT2D eigenvalue weighted by Gasteiger charge is 2.45. The first-order valence-corrected chi connectivity index (χ1v) is 13.5. The normalized spacial score (nSPS) is 15.1. The molecule has 1 atom stereocenters. The first kappa shape index (κ1) is 26.2. The minimum absolute atomic E-state index is 0.0180. The van der Waals surface area contributed by atoms with Gasteiger partial charge in [0.05, 0.1) is 35.4 Å². The summed E-state index contributed by atoms with van der Waals surface area (Å²) in [5.74, 6) is -0.308. The van der Waals surface area contributed by atoms with Gasteiger partial charge in [0.15, 0.2) is 5.76 Å². The Bertz CT molecular complexity index is 1530. The summed E-state index contributed by atoms with van der Waals surface area (Å²) in [6, 6.07) is 23.0. The third-order valence-corrected chi connectivity index (χ3v) is 7.61. The second-order valence-corrected chi connectivity index (χ2v) is 9.90. The van der Waals surface area contributed by atoms with Gasteiger partial charge in [-0.25, -0.2) is 4.98 Å². The molecular weight excluding hydrogens is 512 g/mol. The predicted molar refractivity (Wildman–Crippen MR) is 152 cm³/mol. The maximum atomic E-state index is 14.1. The molecule has 0 saturated carbocycles. The molecule has 39 heavy (non-hydrogen) atoms. The Kier molecular flexibility index (Phi) is 7.47. The number of thiazole rings is 1. The van der Waals surface area contributed by atoms with Gasteiger partial charge in [-0.2, -0.15) is 0 Å². The van der Waals surface area contributed by atoms with Crippen LogP contribution in [0.25, 0.3) is 10.6 Å². The lowest BCUT2D eigenvalue weighted by molar-refractivity contribution is -0.117. The largest absolute Gasteiger partial charge is 0.503 e. The summed E-state index contributed by atoms with van der Waals surface area (Å²) in [7, 11) is 0. The Labute approximate surface area is 231 Å². The van der Waals surface area contributed by atoms with Gasteiger partial charge in [-0.3, -0.25) is 14.5 Å². The highest BCUT2D eigenvalue weighted by molar-refractivity contribution is 7.17. The number of aliphatic hydroxyl groups is 1. The van der Waals surface area contributed by atoms with Crippen LogP contribution >= 0.6 is 11.3 Å². The van der Waals surface area contributed by atoms with Gasteiger partial charge < -0.3 is 14.6 Å². The zero-order valence-corrected chi connectivity index (χ0v) is 22.7. The van der Waals surface area contributed by atoms with Crippen molar-refractivity contribution in [2.75, 3.05) is 18.1 Å². The van der Waals surface area contributed by atoms with Crippen LogP contribution < -0.4 is 14.4 Å². The number of nitrogens with zero attached hydrogens (tertiary/aromatic N) is 2. The molecule has 1 unspecified atom stereocenters. The minimum Gasteiger partial charge on any atom is -0.503 e. The summed E-state index contributed by atoms with van der Waals surface area (Å²) in [5, 5.41) is 11.8. The molecule has 0 fully saturated rings. The fraction of sp³-hybridized carbons (Fsp3) is 0.194. The first-order chi connectivity index (χ1) is 18.9. The lowest BCUT2D eigenvalue weighted by Crippen LogP contribution is -2.31. The summed E-state index contributed by atoms with van der Waals surface area (Å²) in [5.41, 5.74) is 2.65. The average molecular weight is 541 g/mol. The zero-order chi connectivity index (χ0) is 27.5. The van der Waals surface area contributed by atoms with E-state index in [1.807, 2.05) is 56.3 Å². The van der Waals surface area contributed by atoms with E-state index in [1.165, 1.54) is 16.2 Å². The topological polar surface area (TPSA) is 89.0 Å². The highest BCUT2D eigenvalue weighted by Crippen LogP contribution is 2.44. The molecule has 0 saturated heterocycles. The summed E-state index contributed by atoms with van der Waals surface area (Å²) < 4.78 is 11.1. The summed E-state index contributed by atoms with van der Waals surface area (Å²) in [4.78, 5) is 34.0. The van der Waals surface area contributed by atoms with Crippen molar-refractivity contribution in [3.05, 3.63) is 106 Å². The molecule has 198 valence electrons. The molecule has 1 aromatic heterocycles. The minimum atomic E-state index is -0.847. The Morgan fingerprint density at radius 1 is 0.923 bits per heavy atom. The van der Waals surface area contributed by atoms with E-state index in [0.717, 1.165) is 5.56 Å². The van der Waals surface area contributed by atoms with Gasteiger partial charge >= 0.3 is 0 Å². The van der Waals surface area contributed by atoms with E-state index in [4.69, 9.17) is 9.47 Å². The lowest BCUT2D eigenvalue weighted by atomic mass is 9.94. The monoisotopic (exact) mass is 540 g/mol. The number of carbonyl (C=O) groups is 2. The van der Waals surface area contributed by atoms with Crippen LogP contribution in [0.4, 0.5) is 5.69 Å². The number of aliphatic hydroxyl groups excluding tert-OH is 1. The Morgan fingerprint density at radius 3 is 2.10 bits per heavy atom. The van der Waals surface area contributed by atoms with E-state index in [1.54, 1.807) is 43.3 Å². The number of aromatic nitrogens is 1. The fourth-order valence-electron chi connectivity index (χ4n) is 4.64. The Hall–Kier alpha value is -4.43. The quantitative estimate of drug-likeness (QED) is 0.238. The molecule has 1 N–H and O–H groups in total. The van der Waals surface area contributed by atoms with Gasteiger partial charge in [0.1, 0.15) is 16.5 Å². The third kappa shape index (κ3) is 5.03. The number of ether oxygens (including phenoxy) is 2. The van der Waals surface area contributed by atoms with Crippen LogP contribution in [0.5, 0.6) is 11.5 Å². The van der Waals surface area contributed by atoms with Gasteiger partial charge in [0, 0.05) is 11.3 Å². The van der Waals surface area contributed by atoms with E-state index in [9.17, 15) is 14.7 Å². The van der Waals surface area contributed by atoms with E-state index in [0.29, 0.717) is 51.5 Å². The number of rotatable bonds is 9. The fourth-order valence-corrected chi connectivity index (χ4v) is 5.66. The number of carbonyl (C=O) groups excluding carboxylic acids is 2. The first-order valence-electron chi connectivity index (χ1n) is 12.7. The van der Waals surface area contributed by atoms with E-state index in [-0.39, 0.29) is 5.57 Å². The molecule has 1 aliphatic rings. The van der Waals surface area contributed by atoms with Crippen molar-refractivity contribution in [2.45, 2.75) is 26.8 Å². The van der Waals surface area contributed by atoms with Gasteiger partial charge in [0.2, 0.25) is 5.78 Å². The molecule has 1 aliphatic heterocycles. The number of hydrogen-bond donors (Lipinski definition) is 1. The summed E-state index contributed by atoms with van der Waals surface area (Å²) >= 11 is 1.25. The van der Waals surface area contributed by atoms with Crippen LogP contribution in [0, 0.1) is 6.92 Å². The molecule has 5 rings (SSSR count). The second kappa shape index (κ2) is 11.1. The van der Waals surface area contributed by atoms with Crippen LogP contribution in [-0.2, 0) is 4.79 Å². The molecule has 4 aromatic rings. The van der Waals surface area contributed by atoms with Crippen LogP contribution in [0.15, 0.2) is 90.2 Å². The van der Waals surface area contributed by atoms with E-state index >= 15 is 0 Å². The molecule has 8 heteroatoms.